The van der Waals surface area contributed by atoms with E-state index in [1.165, 1.54) is 0 Å². The molecule has 0 spiro atoms. The van der Waals surface area contributed by atoms with E-state index in [9.17, 15) is 14.4 Å². The number of piperidine rings is 1. The molecule has 0 saturated carbocycles. The van der Waals surface area contributed by atoms with Crippen molar-refractivity contribution in [2.24, 2.45) is 5.92 Å². The molecule has 3 aliphatic rings. The molecule has 3 aliphatic heterocycles. The Hall–Kier alpha value is -3.83. The Kier molecular flexibility index (Phi) is 6.32. The molecule has 11 heteroatoms. The van der Waals surface area contributed by atoms with Crippen LogP contribution in [0.4, 0.5) is 5.82 Å². The molecule has 1 aromatic carbocycles. The molecule has 3 amide bonds. The van der Waals surface area contributed by atoms with Crippen LogP contribution in [0.3, 0.4) is 0 Å². The number of hydrogen-bond donors (Lipinski definition) is 3. The van der Waals surface area contributed by atoms with E-state index in [0.717, 1.165) is 54.0 Å². The molecule has 198 valence electrons. The Morgan fingerprint density at radius 2 is 2.08 bits per heavy atom. The van der Waals surface area contributed by atoms with E-state index in [-0.39, 0.29) is 18.2 Å². The first-order valence-electron chi connectivity index (χ1n) is 13.1. The highest BCUT2D eigenvalue weighted by molar-refractivity contribution is 6.05. The zero-order chi connectivity index (χ0) is 26.4. The number of H-pyrrole nitrogens is 1. The summed E-state index contributed by atoms with van der Waals surface area (Å²) in [5, 5.41) is 9.61. The fourth-order valence-corrected chi connectivity index (χ4v) is 5.67. The van der Waals surface area contributed by atoms with Crippen LogP contribution in [0.25, 0.3) is 22.3 Å². The van der Waals surface area contributed by atoms with E-state index in [4.69, 9.17) is 15.5 Å². The second-order valence-electron chi connectivity index (χ2n) is 10.4. The molecule has 4 N–H and O–H groups in total. The van der Waals surface area contributed by atoms with Gasteiger partial charge < -0.3 is 15.4 Å². The van der Waals surface area contributed by atoms with Crippen molar-refractivity contribution in [3.05, 3.63) is 41.0 Å². The lowest BCUT2D eigenvalue weighted by Gasteiger charge is -2.29. The molecule has 0 bridgehead atoms. The third-order valence-electron chi connectivity index (χ3n) is 7.84. The predicted octanol–water partition coefficient (Wildman–Crippen LogP) is 1.83. The normalized spacial score (nSPS) is 22.6. The first-order valence-corrected chi connectivity index (χ1v) is 13.1. The van der Waals surface area contributed by atoms with Crippen molar-refractivity contribution in [2.45, 2.75) is 45.3 Å². The molecule has 3 aromatic rings. The van der Waals surface area contributed by atoms with Gasteiger partial charge in [0.15, 0.2) is 5.82 Å². The SMILES string of the molecule is CCC1COCCN(Cc2cc(-c3ccc4c(c3)CN(C3CCC(=O)NC3=O)C4=O)nc3c(N)n[nH]c23)C1. The number of aromatic nitrogens is 3. The molecule has 2 aromatic heterocycles. The van der Waals surface area contributed by atoms with E-state index >= 15 is 0 Å². The number of nitrogens with two attached hydrogens (primary N) is 1. The second-order valence-corrected chi connectivity index (χ2v) is 10.4. The number of anilines is 1. The van der Waals surface area contributed by atoms with Gasteiger partial charge >= 0.3 is 0 Å². The van der Waals surface area contributed by atoms with E-state index in [1.54, 1.807) is 11.0 Å². The summed E-state index contributed by atoms with van der Waals surface area (Å²) in [7, 11) is 0. The summed E-state index contributed by atoms with van der Waals surface area (Å²) in [4.78, 5) is 45.9. The van der Waals surface area contributed by atoms with E-state index in [0.29, 0.717) is 48.9 Å². The third-order valence-corrected chi connectivity index (χ3v) is 7.84. The maximum absolute atomic E-state index is 13.1. The van der Waals surface area contributed by atoms with Gasteiger partial charge in [0.1, 0.15) is 11.6 Å². The number of nitrogens with one attached hydrogen (secondary N) is 2. The molecular formula is C27H31N7O4. The van der Waals surface area contributed by atoms with Crippen molar-refractivity contribution in [3.8, 4) is 11.3 Å². The number of amides is 3. The number of carbonyl (C=O) groups is 3. The van der Waals surface area contributed by atoms with Crippen molar-refractivity contribution in [2.75, 3.05) is 32.0 Å². The van der Waals surface area contributed by atoms with Crippen LogP contribution < -0.4 is 11.1 Å². The maximum Gasteiger partial charge on any atom is 0.255 e. The van der Waals surface area contributed by atoms with Gasteiger partial charge in [-0.3, -0.25) is 29.7 Å². The van der Waals surface area contributed by atoms with Gasteiger partial charge in [0.2, 0.25) is 11.8 Å². The van der Waals surface area contributed by atoms with Crippen molar-refractivity contribution >= 4 is 34.6 Å². The number of hydrogen-bond acceptors (Lipinski definition) is 8. The number of ether oxygens (including phenoxy) is 1. The average molecular weight is 518 g/mol. The van der Waals surface area contributed by atoms with Gasteiger partial charge in [-0.05, 0) is 48.1 Å². The average Bonchev–Trinajstić information content (AvgIpc) is 3.34. The van der Waals surface area contributed by atoms with E-state index in [2.05, 4.69) is 33.4 Å². The molecule has 0 aliphatic carbocycles. The summed E-state index contributed by atoms with van der Waals surface area (Å²) in [6.45, 7) is 6.49. The lowest BCUT2D eigenvalue weighted by molar-refractivity contribution is -0.136. The molecule has 38 heavy (non-hydrogen) atoms. The number of nitrogens with zero attached hydrogens (tertiary/aromatic N) is 4. The van der Waals surface area contributed by atoms with Gasteiger partial charge in [-0.1, -0.05) is 13.0 Å². The van der Waals surface area contributed by atoms with Crippen LogP contribution in [0.2, 0.25) is 0 Å². The number of imide groups is 1. The monoisotopic (exact) mass is 517 g/mol. The zero-order valence-electron chi connectivity index (χ0n) is 21.3. The van der Waals surface area contributed by atoms with Gasteiger partial charge in [0.05, 0.1) is 24.4 Å². The van der Waals surface area contributed by atoms with Crippen molar-refractivity contribution in [3.63, 3.8) is 0 Å². The summed E-state index contributed by atoms with van der Waals surface area (Å²) in [5.74, 6) is -0.0830. The smallest absolute Gasteiger partial charge is 0.255 e. The summed E-state index contributed by atoms with van der Waals surface area (Å²) >= 11 is 0. The molecule has 5 heterocycles. The van der Waals surface area contributed by atoms with Crippen LogP contribution in [0, 0.1) is 5.92 Å². The number of aromatic amines is 1. The number of pyridine rings is 1. The standard InChI is InChI=1S/C27H31N7O4/c1-2-15-11-33(7-8-38-14-15)12-18-10-20(29-24-23(18)31-32-25(24)28)16-3-4-19-17(9-16)13-34(27(19)37)21-5-6-22(35)30-26(21)36/h3-4,9-10,15,21H,2,5-8,11-14H2,1H3,(H3,28,31,32)(H,30,35,36). The number of carbonyl (C=O) groups excluding carboxylic acids is 3. The van der Waals surface area contributed by atoms with Crippen LogP contribution in [-0.4, -0.2) is 75.0 Å². The van der Waals surface area contributed by atoms with Gasteiger partial charge in [-0.2, -0.15) is 5.10 Å². The molecule has 0 radical (unpaired) electrons. The van der Waals surface area contributed by atoms with E-state index < -0.39 is 11.9 Å². The van der Waals surface area contributed by atoms with Gasteiger partial charge in [-0.15, -0.1) is 0 Å². The van der Waals surface area contributed by atoms with Gasteiger partial charge in [-0.25, -0.2) is 4.98 Å². The lowest BCUT2D eigenvalue weighted by atomic mass is 10.0. The van der Waals surface area contributed by atoms with Crippen LogP contribution in [0.15, 0.2) is 24.3 Å². The molecule has 6 rings (SSSR count). The van der Waals surface area contributed by atoms with Crippen LogP contribution >= 0.6 is 0 Å². The van der Waals surface area contributed by atoms with Crippen molar-refractivity contribution in [1.29, 1.82) is 0 Å². The maximum atomic E-state index is 13.1. The third kappa shape index (κ3) is 4.41. The molecule has 2 atom stereocenters. The van der Waals surface area contributed by atoms with Crippen LogP contribution in [-0.2, 0) is 27.4 Å². The fourth-order valence-electron chi connectivity index (χ4n) is 5.67. The van der Waals surface area contributed by atoms with Crippen LogP contribution in [0.1, 0.15) is 47.7 Å². The number of nitrogen functional groups attached to an aromatic ring is 1. The Morgan fingerprint density at radius 3 is 2.89 bits per heavy atom. The van der Waals surface area contributed by atoms with Gasteiger partial charge in [0.25, 0.3) is 5.91 Å². The topological polar surface area (TPSA) is 147 Å². The summed E-state index contributed by atoms with van der Waals surface area (Å²) in [5.41, 5.74) is 11.7. The summed E-state index contributed by atoms with van der Waals surface area (Å²) in [6, 6.07) is 7.04. The highest BCUT2D eigenvalue weighted by Gasteiger charge is 2.39. The first-order chi connectivity index (χ1) is 18.4. The second kappa shape index (κ2) is 9.80. The molecular weight excluding hydrogens is 486 g/mol. The van der Waals surface area contributed by atoms with Crippen molar-refractivity contribution in [1.82, 2.24) is 30.3 Å². The Morgan fingerprint density at radius 1 is 1.21 bits per heavy atom. The molecule has 11 nitrogen and oxygen atoms in total. The van der Waals surface area contributed by atoms with Crippen molar-refractivity contribution < 1.29 is 19.1 Å². The first kappa shape index (κ1) is 24.5. The zero-order valence-corrected chi connectivity index (χ0v) is 21.3. The Balaban J connectivity index is 1.31. The minimum atomic E-state index is -0.646. The minimum Gasteiger partial charge on any atom is -0.380 e. The summed E-state index contributed by atoms with van der Waals surface area (Å²) < 4.78 is 5.80. The number of rotatable bonds is 5. The Labute approximate surface area is 219 Å². The lowest BCUT2D eigenvalue weighted by Crippen LogP contribution is -2.52. The molecule has 2 saturated heterocycles. The summed E-state index contributed by atoms with van der Waals surface area (Å²) in [6.07, 6.45) is 1.62. The minimum absolute atomic E-state index is 0.196. The quantitative estimate of drug-likeness (QED) is 0.435. The largest absolute Gasteiger partial charge is 0.380 e. The fraction of sp³-hybridized carbons (Fsp3) is 0.444. The van der Waals surface area contributed by atoms with E-state index in [1.807, 2.05) is 12.1 Å². The highest BCUT2D eigenvalue weighted by atomic mass is 16.5. The van der Waals surface area contributed by atoms with Gasteiger partial charge in [0, 0.05) is 43.7 Å². The Bertz CT molecular complexity index is 1430. The molecule has 2 fully saturated rings. The predicted molar refractivity (Wildman–Crippen MR) is 140 cm³/mol. The van der Waals surface area contributed by atoms with Crippen LogP contribution in [0.5, 0.6) is 0 Å². The highest BCUT2D eigenvalue weighted by Crippen LogP contribution is 2.33. The number of fused-ring (bicyclic) bond motifs is 2. The molecule has 2 unspecified atom stereocenters. The number of benzene rings is 1.